The number of hydrogen-bond acceptors (Lipinski definition) is 6. The van der Waals surface area contributed by atoms with Crippen molar-refractivity contribution < 1.29 is 13.6 Å². The highest BCUT2D eigenvalue weighted by molar-refractivity contribution is 7.99. The topological polar surface area (TPSA) is 67.8 Å². The van der Waals surface area contributed by atoms with Gasteiger partial charge >= 0.3 is 0 Å². The summed E-state index contributed by atoms with van der Waals surface area (Å²) in [7, 11) is 0. The van der Waals surface area contributed by atoms with Crippen LogP contribution in [0.2, 0.25) is 0 Å². The van der Waals surface area contributed by atoms with Gasteiger partial charge in [0.05, 0.1) is 16.3 Å². The highest BCUT2D eigenvalue weighted by atomic mass is 32.2. The molecule has 0 aliphatic carbocycles. The van der Waals surface area contributed by atoms with E-state index < -0.39 is 0 Å². The molecule has 0 saturated heterocycles. The van der Waals surface area contributed by atoms with E-state index in [0.29, 0.717) is 17.3 Å². The molecule has 0 bridgehead atoms. The molecule has 0 fully saturated rings. The molecule has 0 spiro atoms. The third kappa shape index (κ3) is 5.54. The lowest BCUT2D eigenvalue weighted by Gasteiger charge is -2.05. The molecule has 0 radical (unpaired) electrons. The van der Waals surface area contributed by atoms with Crippen molar-refractivity contribution in [3.63, 3.8) is 0 Å². The van der Waals surface area contributed by atoms with Crippen LogP contribution in [-0.4, -0.2) is 26.8 Å². The molecule has 0 atom stereocenters. The third-order valence-electron chi connectivity index (χ3n) is 4.51. The van der Waals surface area contributed by atoms with Gasteiger partial charge in [0, 0.05) is 12.1 Å². The molecule has 2 aromatic heterocycles. The summed E-state index contributed by atoms with van der Waals surface area (Å²) in [5.74, 6) is -0.542. The van der Waals surface area contributed by atoms with Crippen LogP contribution in [0.4, 0.5) is 8.78 Å². The molecular weight excluding hydrogens is 450 g/mol. The van der Waals surface area contributed by atoms with Gasteiger partial charge in [-0.15, -0.1) is 21.5 Å². The predicted octanol–water partition coefficient (Wildman–Crippen LogP) is 5.26. The number of aromatic nitrogens is 3. The number of benzene rings is 2. The molecule has 1 amide bonds. The highest BCUT2D eigenvalue weighted by Crippen LogP contribution is 2.34. The number of thioether (sulfide) groups is 1. The van der Waals surface area contributed by atoms with E-state index >= 15 is 0 Å². The van der Waals surface area contributed by atoms with Crippen molar-refractivity contribution >= 4 is 29.0 Å². The monoisotopic (exact) mass is 468 g/mol. The summed E-state index contributed by atoms with van der Waals surface area (Å²) in [6.45, 7) is 2.24. The molecule has 0 unspecified atom stereocenters. The number of amides is 1. The number of nitrogens with zero attached hydrogens (tertiary/aromatic N) is 3. The van der Waals surface area contributed by atoms with E-state index in [1.165, 1.54) is 47.4 Å². The first-order chi connectivity index (χ1) is 15.5. The number of carbonyl (C=O) groups is 1. The van der Waals surface area contributed by atoms with Crippen molar-refractivity contribution in [3.8, 4) is 21.1 Å². The van der Waals surface area contributed by atoms with Crippen molar-refractivity contribution in [3.05, 3.63) is 83.6 Å². The van der Waals surface area contributed by atoms with Crippen LogP contribution in [0.1, 0.15) is 11.3 Å². The quantitative estimate of drug-likeness (QED) is 0.375. The largest absolute Gasteiger partial charge is 0.351 e. The number of carbonyl (C=O) groups excluding carboxylic acids is 1. The van der Waals surface area contributed by atoms with Gasteiger partial charge in [-0.1, -0.05) is 23.9 Å². The number of thiazole rings is 1. The second-order valence-electron chi connectivity index (χ2n) is 6.89. The molecule has 162 valence electrons. The van der Waals surface area contributed by atoms with Crippen LogP contribution in [0.5, 0.6) is 0 Å². The maximum Gasteiger partial charge on any atom is 0.230 e. The Hall–Kier alpha value is -3.17. The minimum absolute atomic E-state index is 0.146. The molecule has 2 heterocycles. The predicted molar refractivity (Wildman–Crippen MR) is 122 cm³/mol. The van der Waals surface area contributed by atoms with Gasteiger partial charge in [-0.3, -0.25) is 4.79 Å². The van der Waals surface area contributed by atoms with E-state index in [2.05, 4.69) is 20.5 Å². The van der Waals surface area contributed by atoms with Crippen molar-refractivity contribution in [2.45, 2.75) is 18.5 Å². The molecule has 5 nitrogen and oxygen atoms in total. The fourth-order valence-electron chi connectivity index (χ4n) is 2.86. The molecule has 9 heteroatoms. The van der Waals surface area contributed by atoms with E-state index in [9.17, 15) is 13.6 Å². The van der Waals surface area contributed by atoms with Crippen molar-refractivity contribution in [2.75, 3.05) is 5.75 Å². The Balaban J connectivity index is 1.34. The average molecular weight is 469 g/mol. The highest BCUT2D eigenvalue weighted by Gasteiger charge is 2.13. The summed E-state index contributed by atoms with van der Waals surface area (Å²) in [6, 6.07) is 15.9. The van der Waals surface area contributed by atoms with Gasteiger partial charge in [-0.25, -0.2) is 13.8 Å². The van der Waals surface area contributed by atoms with Crippen LogP contribution in [0.25, 0.3) is 21.1 Å². The number of nitrogens with one attached hydrogen (secondary N) is 1. The molecule has 32 heavy (non-hydrogen) atoms. The zero-order chi connectivity index (χ0) is 22.5. The maximum absolute atomic E-state index is 13.2. The summed E-state index contributed by atoms with van der Waals surface area (Å²) in [5.41, 5.74) is 3.19. The van der Waals surface area contributed by atoms with Gasteiger partial charge in [0.15, 0.2) is 0 Å². The smallest absolute Gasteiger partial charge is 0.230 e. The minimum atomic E-state index is -0.308. The fourth-order valence-corrected chi connectivity index (χ4v) is 4.54. The number of aryl methyl sites for hydroxylation is 1. The van der Waals surface area contributed by atoms with Crippen LogP contribution >= 0.6 is 23.1 Å². The average Bonchev–Trinajstić information content (AvgIpc) is 3.19. The van der Waals surface area contributed by atoms with Gasteiger partial charge in [0.2, 0.25) is 5.91 Å². The summed E-state index contributed by atoms with van der Waals surface area (Å²) >= 11 is 2.75. The van der Waals surface area contributed by atoms with Crippen molar-refractivity contribution in [1.29, 1.82) is 0 Å². The summed E-state index contributed by atoms with van der Waals surface area (Å²) in [6.07, 6.45) is 0. The van der Waals surface area contributed by atoms with E-state index in [1.807, 2.05) is 19.1 Å². The van der Waals surface area contributed by atoms with Crippen LogP contribution in [-0.2, 0) is 11.3 Å². The standard InChI is InChI=1S/C23H18F2N4OS2/c1-14-22(32-23(27-14)16-4-8-18(25)9-5-16)19-10-11-21(29-28-19)31-13-20(30)26-12-15-2-6-17(24)7-3-15/h2-11H,12-13H2,1H3,(H,26,30). The number of rotatable bonds is 7. The van der Waals surface area contributed by atoms with Crippen LogP contribution in [0.15, 0.2) is 65.7 Å². The molecule has 0 aliphatic heterocycles. The summed E-state index contributed by atoms with van der Waals surface area (Å²) in [5, 5.41) is 12.7. The lowest BCUT2D eigenvalue weighted by Crippen LogP contribution is -2.24. The Labute approximate surface area is 191 Å². The van der Waals surface area contributed by atoms with Crippen molar-refractivity contribution in [2.24, 2.45) is 0 Å². The third-order valence-corrected chi connectivity index (χ3v) is 6.66. The molecule has 4 aromatic rings. The SMILES string of the molecule is Cc1nc(-c2ccc(F)cc2)sc1-c1ccc(SCC(=O)NCc2ccc(F)cc2)nn1. The van der Waals surface area contributed by atoms with Gasteiger partial charge < -0.3 is 5.32 Å². The molecular formula is C23H18F2N4OS2. The second-order valence-corrected chi connectivity index (χ2v) is 8.88. The number of hydrogen-bond donors (Lipinski definition) is 1. The second kappa shape index (κ2) is 9.97. The Morgan fingerprint density at radius 3 is 2.31 bits per heavy atom. The van der Waals surface area contributed by atoms with E-state index in [0.717, 1.165) is 26.7 Å². The zero-order valence-corrected chi connectivity index (χ0v) is 18.6. The normalized spacial score (nSPS) is 10.8. The fraction of sp³-hybridized carbons (Fsp3) is 0.130. The molecule has 4 rings (SSSR count). The van der Waals surface area contributed by atoms with E-state index in [-0.39, 0.29) is 23.3 Å². The number of halogens is 2. The first-order valence-electron chi connectivity index (χ1n) is 9.69. The Kier molecular flexibility index (Phi) is 6.87. The van der Waals surface area contributed by atoms with Crippen LogP contribution in [0, 0.1) is 18.6 Å². The van der Waals surface area contributed by atoms with Gasteiger partial charge in [0.25, 0.3) is 0 Å². The van der Waals surface area contributed by atoms with Crippen LogP contribution in [0.3, 0.4) is 0 Å². The summed E-state index contributed by atoms with van der Waals surface area (Å²) in [4.78, 5) is 17.5. The molecule has 0 saturated carbocycles. The van der Waals surface area contributed by atoms with Gasteiger partial charge in [-0.05, 0) is 61.0 Å². The molecule has 0 aliphatic rings. The first kappa shape index (κ1) is 22.0. The van der Waals surface area contributed by atoms with Gasteiger partial charge in [-0.2, -0.15) is 0 Å². The Morgan fingerprint density at radius 1 is 0.969 bits per heavy atom. The summed E-state index contributed by atoms with van der Waals surface area (Å²) < 4.78 is 26.1. The Morgan fingerprint density at radius 2 is 1.66 bits per heavy atom. The Bertz CT molecular complexity index is 1210. The van der Waals surface area contributed by atoms with Gasteiger partial charge in [0.1, 0.15) is 27.4 Å². The maximum atomic E-state index is 13.2. The lowest BCUT2D eigenvalue weighted by molar-refractivity contribution is -0.118. The van der Waals surface area contributed by atoms with Crippen LogP contribution < -0.4 is 5.32 Å². The first-order valence-corrected chi connectivity index (χ1v) is 11.5. The molecule has 2 aromatic carbocycles. The minimum Gasteiger partial charge on any atom is -0.351 e. The zero-order valence-electron chi connectivity index (χ0n) is 17.0. The molecule has 1 N–H and O–H groups in total. The van der Waals surface area contributed by atoms with E-state index in [1.54, 1.807) is 24.3 Å². The lowest BCUT2D eigenvalue weighted by atomic mass is 10.2. The van der Waals surface area contributed by atoms with E-state index in [4.69, 9.17) is 0 Å². The van der Waals surface area contributed by atoms with Crippen molar-refractivity contribution in [1.82, 2.24) is 20.5 Å².